The van der Waals surface area contributed by atoms with Gasteiger partial charge in [0.1, 0.15) is 17.3 Å². The number of anilines is 2. The Balaban J connectivity index is 1.78. The Hall–Kier alpha value is -5.04. The van der Waals surface area contributed by atoms with Crippen molar-refractivity contribution in [1.82, 2.24) is 10.2 Å². The summed E-state index contributed by atoms with van der Waals surface area (Å²) in [6, 6.07) is 17.2. The summed E-state index contributed by atoms with van der Waals surface area (Å²) >= 11 is 0. The van der Waals surface area contributed by atoms with Gasteiger partial charge in [0.25, 0.3) is 5.91 Å². The maximum atomic E-state index is 13.0. The zero-order valence-electron chi connectivity index (χ0n) is 16.4. The molecule has 156 valence electrons. The molecule has 0 aliphatic heterocycles. The van der Waals surface area contributed by atoms with Crippen LogP contribution in [0, 0.1) is 11.3 Å². The van der Waals surface area contributed by atoms with Crippen molar-refractivity contribution >= 4 is 46.0 Å². The van der Waals surface area contributed by atoms with Crippen LogP contribution in [0.25, 0.3) is 10.8 Å². The van der Waals surface area contributed by atoms with Crippen molar-refractivity contribution in [1.29, 1.82) is 5.26 Å². The van der Waals surface area contributed by atoms with Gasteiger partial charge >= 0.3 is 0 Å². The van der Waals surface area contributed by atoms with E-state index in [-0.39, 0.29) is 28.4 Å². The summed E-state index contributed by atoms with van der Waals surface area (Å²) < 4.78 is 0. The number of hydrogen-bond donors (Lipinski definition) is 4. The second-order valence-electron chi connectivity index (χ2n) is 6.55. The number of H-pyrrole nitrogens is 1. The molecular weight excluding hydrogens is 410 g/mol. The molecule has 0 aliphatic rings. The topological polar surface area (TPSA) is 156 Å². The number of aromatic amines is 1. The standard InChI is InChI=1S/C22H15N7O3/c23-10-14-11-25-28-21(14)29-27-19-15-6-2-1-5-13(15)9-16(20(19)31)22(32)26-18-8-4-3-7-17(18)24-12-30/h1-9,11-12,31H,(H,24,30)(H,25,28)(H,26,32)/b29-27+. The van der Waals surface area contributed by atoms with Crippen LogP contribution < -0.4 is 10.6 Å². The maximum Gasteiger partial charge on any atom is 0.259 e. The van der Waals surface area contributed by atoms with Gasteiger partial charge in [0.2, 0.25) is 6.41 Å². The van der Waals surface area contributed by atoms with E-state index in [2.05, 4.69) is 31.1 Å². The minimum Gasteiger partial charge on any atom is -0.505 e. The number of phenolic OH excluding ortho intramolecular Hbond substituents is 1. The van der Waals surface area contributed by atoms with E-state index in [0.717, 1.165) is 0 Å². The lowest BCUT2D eigenvalue weighted by molar-refractivity contribution is -0.105. The van der Waals surface area contributed by atoms with Crippen molar-refractivity contribution < 1.29 is 14.7 Å². The third kappa shape index (κ3) is 3.86. The van der Waals surface area contributed by atoms with Gasteiger partial charge in [-0.3, -0.25) is 14.7 Å². The highest BCUT2D eigenvalue weighted by atomic mass is 16.3. The number of amides is 2. The second-order valence-corrected chi connectivity index (χ2v) is 6.55. The van der Waals surface area contributed by atoms with Gasteiger partial charge in [0.05, 0.1) is 23.1 Å². The molecule has 0 saturated heterocycles. The van der Waals surface area contributed by atoms with Gasteiger partial charge in [-0.2, -0.15) is 10.4 Å². The number of fused-ring (bicyclic) bond motifs is 1. The molecule has 0 aliphatic carbocycles. The van der Waals surface area contributed by atoms with Gasteiger partial charge < -0.3 is 15.7 Å². The van der Waals surface area contributed by atoms with Crippen LogP contribution in [0.1, 0.15) is 15.9 Å². The fourth-order valence-electron chi connectivity index (χ4n) is 3.10. The molecule has 2 amide bonds. The molecule has 1 aromatic heterocycles. The van der Waals surface area contributed by atoms with E-state index in [4.69, 9.17) is 5.26 Å². The Kier molecular flexibility index (Phi) is 5.54. The summed E-state index contributed by atoms with van der Waals surface area (Å²) in [5, 5.41) is 40.8. The molecule has 1 heterocycles. The van der Waals surface area contributed by atoms with Crippen LogP contribution in [0.5, 0.6) is 5.75 Å². The number of aromatic hydroxyl groups is 1. The second kappa shape index (κ2) is 8.76. The van der Waals surface area contributed by atoms with Crippen molar-refractivity contribution in [3.05, 3.63) is 71.9 Å². The van der Waals surface area contributed by atoms with Crippen LogP contribution in [0.3, 0.4) is 0 Å². The summed E-state index contributed by atoms with van der Waals surface area (Å²) in [5.41, 5.74) is 0.969. The molecule has 0 radical (unpaired) electrons. The number of phenols is 1. The van der Waals surface area contributed by atoms with E-state index >= 15 is 0 Å². The Morgan fingerprint density at radius 3 is 2.66 bits per heavy atom. The summed E-state index contributed by atoms with van der Waals surface area (Å²) in [5.74, 6) is -0.868. The average Bonchev–Trinajstić information content (AvgIpc) is 3.27. The molecule has 32 heavy (non-hydrogen) atoms. The highest BCUT2D eigenvalue weighted by Crippen LogP contribution is 2.39. The van der Waals surface area contributed by atoms with E-state index in [9.17, 15) is 14.7 Å². The maximum absolute atomic E-state index is 13.0. The summed E-state index contributed by atoms with van der Waals surface area (Å²) in [6.45, 7) is 0. The number of nitrogens with one attached hydrogen (secondary N) is 3. The fourth-order valence-corrected chi connectivity index (χ4v) is 3.10. The van der Waals surface area contributed by atoms with Crippen LogP contribution in [0.2, 0.25) is 0 Å². The van der Waals surface area contributed by atoms with Crippen molar-refractivity contribution in [2.45, 2.75) is 0 Å². The first-order chi connectivity index (χ1) is 15.6. The highest BCUT2D eigenvalue weighted by Gasteiger charge is 2.19. The first-order valence-corrected chi connectivity index (χ1v) is 9.33. The molecule has 10 nitrogen and oxygen atoms in total. The molecule has 4 aromatic rings. The van der Waals surface area contributed by atoms with Gasteiger partial charge in [0.15, 0.2) is 11.6 Å². The zero-order valence-corrected chi connectivity index (χ0v) is 16.4. The summed E-state index contributed by atoms with van der Waals surface area (Å²) in [7, 11) is 0. The number of nitriles is 1. The molecule has 10 heteroatoms. The van der Waals surface area contributed by atoms with Crippen molar-refractivity contribution in [3.63, 3.8) is 0 Å². The molecule has 0 bridgehead atoms. The predicted octanol–water partition coefficient (Wildman–Crippen LogP) is 4.38. The van der Waals surface area contributed by atoms with Gasteiger partial charge in [-0.25, -0.2) is 0 Å². The number of aromatic nitrogens is 2. The number of carbonyl (C=O) groups is 2. The number of nitrogens with zero attached hydrogens (tertiary/aromatic N) is 4. The highest BCUT2D eigenvalue weighted by molar-refractivity contribution is 6.12. The number of benzene rings is 3. The van der Waals surface area contributed by atoms with E-state index in [1.54, 1.807) is 48.5 Å². The van der Waals surface area contributed by atoms with E-state index in [0.29, 0.717) is 28.6 Å². The zero-order chi connectivity index (χ0) is 22.5. The first kappa shape index (κ1) is 20.2. The molecule has 4 rings (SSSR count). The lowest BCUT2D eigenvalue weighted by Crippen LogP contribution is -2.13. The average molecular weight is 425 g/mol. The Labute approximate surface area is 181 Å². The predicted molar refractivity (Wildman–Crippen MR) is 117 cm³/mol. The SMILES string of the molecule is N#Cc1cn[nH]c1/N=N/c1c(O)c(C(=O)Nc2ccccc2NC=O)cc2ccccc12. The van der Waals surface area contributed by atoms with Crippen LogP contribution >= 0.6 is 0 Å². The minimum absolute atomic E-state index is 0.0383. The van der Waals surface area contributed by atoms with Crippen LogP contribution in [0.4, 0.5) is 22.9 Å². The normalized spacial score (nSPS) is 10.7. The van der Waals surface area contributed by atoms with E-state index in [1.807, 2.05) is 6.07 Å². The number of hydrogen-bond acceptors (Lipinski definition) is 7. The lowest BCUT2D eigenvalue weighted by atomic mass is 10.0. The van der Waals surface area contributed by atoms with Crippen molar-refractivity contribution in [2.75, 3.05) is 10.6 Å². The molecule has 0 fully saturated rings. The lowest BCUT2D eigenvalue weighted by Gasteiger charge is -2.13. The van der Waals surface area contributed by atoms with E-state index in [1.165, 1.54) is 12.3 Å². The monoisotopic (exact) mass is 425 g/mol. The quantitative estimate of drug-likeness (QED) is 0.266. The molecule has 0 saturated carbocycles. The smallest absolute Gasteiger partial charge is 0.259 e. The van der Waals surface area contributed by atoms with Crippen LogP contribution in [-0.4, -0.2) is 27.6 Å². The van der Waals surface area contributed by atoms with Gasteiger partial charge in [0, 0.05) is 5.39 Å². The van der Waals surface area contributed by atoms with Crippen molar-refractivity contribution in [3.8, 4) is 11.8 Å². The Morgan fingerprint density at radius 2 is 1.88 bits per heavy atom. The van der Waals surface area contributed by atoms with Gasteiger partial charge in [-0.1, -0.05) is 36.4 Å². The molecular formula is C22H15N7O3. The van der Waals surface area contributed by atoms with Crippen LogP contribution in [-0.2, 0) is 4.79 Å². The third-order valence-electron chi connectivity index (χ3n) is 4.62. The molecule has 4 N–H and O–H groups in total. The summed E-state index contributed by atoms with van der Waals surface area (Å²) in [6.07, 6.45) is 1.81. The number of azo groups is 1. The Bertz CT molecular complexity index is 1400. The largest absolute Gasteiger partial charge is 0.505 e. The third-order valence-corrected chi connectivity index (χ3v) is 4.62. The molecule has 0 atom stereocenters. The summed E-state index contributed by atoms with van der Waals surface area (Å²) in [4.78, 5) is 23.8. The minimum atomic E-state index is -0.607. The van der Waals surface area contributed by atoms with Crippen LogP contribution in [0.15, 0.2) is 71.0 Å². The van der Waals surface area contributed by atoms with E-state index < -0.39 is 5.91 Å². The molecule has 3 aromatic carbocycles. The number of rotatable bonds is 6. The first-order valence-electron chi connectivity index (χ1n) is 9.33. The number of carbonyl (C=O) groups excluding carboxylic acids is 2. The van der Waals surface area contributed by atoms with Crippen molar-refractivity contribution in [2.24, 2.45) is 10.2 Å². The Morgan fingerprint density at radius 1 is 1.12 bits per heavy atom. The number of para-hydroxylation sites is 2. The van der Waals surface area contributed by atoms with Gasteiger partial charge in [-0.15, -0.1) is 10.2 Å². The molecule has 0 spiro atoms. The van der Waals surface area contributed by atoms with Gasteiger partial charge in [-0.05, 0) is 23.6 Å². The molecule has 0 unspecified atom stereocenters. The fraction of sp³-hybridized carbons (Fsp3) is 0.